The number of nitrogens with one attached hydrogen (secondary N) is 1. The largest absolute Gasteiger partial charge is 0.459 e. The number of carbonyl (C=O) groups excluding carboxylic acids is 3. The molecule has 3 aromatic rings. The first-order valence-electron chi connectivity index (χ1n) is 12.1. The second-order valence-electron chi connectivity index (χ2n) is 8.92. The number of furan rings is 1. The molecule has 2 fully saturated rings. The maximum Gasteiger partial charge on any atom is 0.289 e. The van der Waals surface area contributed by atoms with Crippen LogP contribution in [0.5, 0.6) is 0 Å². The van der Waals surface area contributed by atoms with Crippen LogP contribution >= 0.6 is 0 Å². The minimum absolute atomic E-state index is 0.0636. The predicted molar refractivity (Wildman–Crippen MR) is 133 cm³/mol. The first kappa shape index (κ1) is 23.6. The number of likely N-dealkylation sites (tertiary alicyclic amines) is 1. The van der Waals surface area contributed by atoms with Gasteiger partial charge in [0.15, 0.2) is 5.76 Å². The lowest BCUT2D eigenvalue weighted by molar-refractivity contribution is 0.0712. The maximum atomic E-state index is 14.1. The lowest BCUT2D eigenvalue weighted by Gasteiger charge is -2.37. The smallest absolute Gasteiger partial charge is 0.289 e. The number of benzene rings is 2. The molecule has 2 aromatic carbocycles. The fourth-order valence-corrected chi connectivity index (χ4v) is 4.70. The molecule has 2 aliphatic rings. The number of rotatable bonds is 5. The van der Waals surface area contributed by atoms with Gasteiger partial charge in [0.25, 0.3) is 17.7 Å². The van der Waals surface area contributed by atoms with E-state index < -0.39 is 11.7 Å². The molecular formula is C27H27FN4O4. The molecule has 9 heteroatoms. The van der Waals surface area contributed by atoms with Gasteiger partial charge in [-0.1, -0.05) is 12.1 Å². The molecule has 1 N–H and O–H groups in total. The highest BCUT2D eigenvalue weighted by molar-refractivity contribution is 6.06. The number of amides is 3. The molecule has 0 aliphatic carbocycles. The van der Waals surface area contributed by atoms with E-state index >= 15 is 0 Å². The minimum Gasteiger partial charge on any atom is -0.459 e. The van der Waals surface area contributed by atoms with Crippen LogP contribution in [-0.4, -0.2) is 66.8 Å². The molecule has 3 heterocycles. The van der Waals surface area contributed by atoms with Gasteiger partial charge in [-0.25, -0.2) is 4.39 Å². The second kappa shape index (κ2) is 10.2. The Balaban J connectivity index is 1.37. The second-order valence-corrected chi connectivity index (χ2v) is 8.92. The molecule has 0 bridgehead atoms. The topological polar surface area (TPSA) is 86.1 Å². The molecule has 8 nitrogen and oxygen atoms in total. The van der Waals surface area contributed by atoms with Crippen LogP contribution in [0.2, 0.25) is 0 Å². The first-order valence-corrected chi connectivity index (χ1v) is 12.1. The summed E-state index contributed by atoms with van der Waals surface area (Å²) in [5.41, 5.74) is 1.59. The van der Waals surface area contributed by atoms with Gasteiger partial charge >= 0.3 is 0 Å². The van der Waals surface area contributed by atoms with Crippen LogP contribution in [0, 0.1) is 5.82 Å². The van der Waals surface area contributed by atoms with Gasteiger partial charge < -0.3 is 24.4 Å². The Hall–Kier alpha value is -4.14. The quantitative estimate of drug-likeness (QED) is 0.587. The number of anilines is 2. The van der Waals surface area contributed by atoms with Crippen LogP contribution in [0.4, 0.5) is 15.8 Å². The van der Waals surface area contributed by atoms with Gasteiger partial charge in [-0.2, -0.15) is 0 Å². The van der Waals surface area contributed by atoms with Crippen molar-refractivity contribution in [1.29, 1.82) is 0 Å². The molecule has 2 saturated heterocycles. The SMILES string of the molecule is O=C(Nc1ccc(N2CCN(C(=O)c3ccco3)CC2)c(C(=O)N2CCCC2)c1)c1ccccc1F. The van der Waals surface area contributed by atoms with Gasteiger partial charge in [0.1, 0.15) is 5.82 Å². The highest BCUT2D eigenvalue weighted by atomic mass is 19.1. The van der Waals surface area contributed by atoms with E-state index in [-0.39, 0.29) is 17.4 Å². The van der Waals surface area contributed by atoms with Crippen molar-refractivity contribution in [3.8, 4) is 0 Å². The molecule has 0 unspecified atom stereocenters. The number of piperazine rings is 1. The number of nitrogens with zero attached hydrogens (tertiary/aromatic N) is 3. The van der Waals surface area contributed by atoms with Crippen molar-refractivity contribution in [2.24, 2.45) is 0 Å². The van der Waals surface area contributed by atoms with Gasteiger partial charge in [-0.3, -0.25) is 14.4 Å². The Kier molecular flexibility index (Phi) is 6.71. The zero-order valence-corrected chi connectivity index (χ0v) is 19.8. The Morgan fingerprint density at radius 3 is 2.19 bits per heavy atom. The highest BCUT2D eigenvalue weighted by Crippen LogP contribution is 2.29. The normalized spacial score (nSPS) is 15.8. The average Bonchev–Trinajstić information content (AvgIpc) is 3.63. The lowest BCUT2D eigenvalue weighted by Crippen LogP contribution is -2.49. The fourth-order valence-electron chi connectivity index (χ4n) is 4.70. The van der Waals surface area contributed by atoms with E-state index in [0.29, 0.717) is 56.3 Å². The monoisotopic (exact) mass is 490 g/mol. The summed E-state index contributed by atoms with van der Waals surface area (Å²) in [7, 11) is 0. The molecule has 0 atom stereocenters. The van der Waals surface area contributed by atoms with E-state index in [2.05, 4.69) is 10.2 Å². The average molecular weight is 491 g/mol. The fraction of sp³-hybridized carbons (Fsp3) is 0.296. The zero-order valence-electron chi connectivity index (χ0n) is 19.8. The van der Waals surface area contributed by atoms with Crippen molar-refractivity contribution in [2.45, 2.75) is 12.8 Å². The standard InChI is InChI=1S/C27H27FN4O4/c28-22-7-2-1-6-20(22)25(33)29-19-9-10-23(21(18-19)26(34)31-11-3-4-12-31)30-13-15-32(16-14-30)27(35)24-8-5-17-36-24/h1-2,5-10,17-18H,3-4,11-16H2,(H,29,33). The van der Waals surface area contributed by atoms with Gasteiger partial charge in [-0.15, -0.1) is 0 Å². The molecule has 0 spiro atoms. The molecule has 1 aromatic heterocycles. The summed E-state index contributed by atoms with van der Waals surface area (Å²) < 4.78 is 19.3. The van der Waals surface area contributed by atoms with Crippen LogP contribution in [0.15, 0.2) is 65.3 Å². The number of hydrogen-bond donors (Lipinski definition) is 1. The summed E-state index contributed by atoms with van der Waals surface area (Å²) in [5, 5.41) is 2.72. The summed E-state index contributed by atoms with van der Waals surface area (Å²) in [4.78, 5) is 44.4. The van der Waals surface area contributed by atoms with Crippen molar-refractivity contribution in [2.75, 3.05) is 49.5 Å². The van der Waals surface area contributed by atoms with E-state index in [1.807, 2.05) is 11.0 Å². The molecule has 5 rings (SSSR count). The molecule has 2 aliphatic heterocycles. The van der Waals surface area contributed by atoms with Gasteiger partial charge in [-0.05, 0) is 55.3 Å². The van der Waals surface area contributed by atoms with Crippen molar-refractivity contribution in [3.63, 3.8) is 0 Å². The van der Waals surface area contributed by atoms with E-state index in [1.165, 1.54) is 24.5 Å². The molecular weight excluding hydrogens is 463 g/mol. The molecule has 186 valence electrons. The highest BCUT2D eigenvalue weighted by Gasteiger charge is 2.28. The lowest BCUT2D eigenvalue weighted by atomic mass is 10.1. The van der Waals surface area contributed by atoms with E-state index in [0.717, 1.165) is 18.5 Å². The van der Waals surface area contributed by atoms with Crippen LogP contribution in [0.3, 0.4) is 0 Å². The summed E-state index contributed by atoms with van der Waals surface area (Å²) in [6.07, 6.45) is 3.39. The summed E-state index contributed by atoms with van der Waals surface area (Å²) in [6, 6.07) is 14.3. The Morgan fingerprint density at radius 1 is 0.778 bits per heavy atom. The van der Waals surface area contributed by atoms with Crippen LogP contribution < -0.4 is 10.2 Å². The number of hydrogen-bond acceptors (Lipinski definition) is 5. The Morgan fingerprint density at radius 2 is 1.50 bits per heavy atom. The zero-order chi connectivity index (χ0) is 25.1. The third-order valence-corrected chi connectivity index (χ3v) is 6.64. The maximum absolute atomic E-state index is 14.1. The third-order valence-electron chi connectivity index (χ3n) is 6.64. The third kappa shape index (κ3) is 4.82. The summed E-state index contributed by atoms with van der Waals surface area (Å²) in [6.45, 7) is 3.46. The van der Waals surface area contributed by atoms with Gasteiger partial charge in [0.2, 0.25) is 0 Å². The number of halogens is 1. The molecule has 3 amide bonds. The van der Waals surface area contributed by atoms with Crippen molar-refractivity contribution in [3.05, 3.63) is 83.6 Å². The molecule has 0 radical (unpaired) electrons. The van der Waals surface area contributed by atoms with Gasteiger partial charge in [0, 0.05) is 50.6 Å². The van der Waals surface area contributed by atoms with Crippen LogP contribution in [0.1, 0.15) is 44.1 Å². The van der Waals surface area contributed by atoms with Crippen LogP contribution in [-0.2, 0) is 0 Å². The Labute approximate surface area is 208 Å². The van der Waals surface area contributed by atoms with Crippen molar-refractivity contribution >= 4 is 29.1 Å². The molecule has 36 heavy (non-hydrogen) atoms. The van der Waals surface area contributed by atoms with Crippen LogP contribution in [0.25, 0.3) is 0 Å². The van der Waals surface area contributed by atoms with Crippen molar-refractivity contribution in [1.82, 2.24) is 9.80 Å². The predicted octanol–water partition coefficient (Wildman–Crippen LogP) is 3.87. The summed E-state index contributed by atoms with van der Waals surface area (Å²) >= 11 is 0. The summed E-state index contributed by atoms with van der Waals surface area (Å²) in [5.74, 6) is -1.13. The van der Waals surface area contributed by atoms with E-state index in [9.17, 15) is 18.8 Å². The van der Waals surface area contributed by atoms with Gasteiger partial charge in [0.05, 0.1) is 17.4 Å². The minimum atomic E-state index is -0.609. The molecule has 0 saturated carbocycles. The number of carbonyl (C=O) groups is 3. The van der Waals surface area contributed by atoms with E-state index in [1.54, 1.807) is 35.2 Å². The van der Waals surface area contributed by atoms with E-state index in [4.69, 9.17) is 4.42 Å². The van der Waals surface area contributed by atoms with Crippen molar-refractivity contribution < 1.29 is 23.2 Å². The first-order chi connectivity index (χ1) is 17.5. The Bertz CT molecular complexity index is 1260.